The van der Waals surface area contributed by atoms with Crippen molar-refractivity contribution >= 4 is 10.0 Å². The van der Waals surface area contributed by atoms with Crippen LogP contribution in [0.25, 0.3) is 0 Å². The van der Waals surface area contributed by atoms with Crippen LogP contribution in [0.15, 0.2) is 29.2 Å². The van der Waals surface area contributed by atoms with E-state index >= 15 is 0 Å². The molecule has 4 heteroatoms. The Bertz CT molecular complexity index is 450. The van der Waals surface area contributed by atoms with Crippen LogP contribution in [-0.4, -0.2) is 25.3 Å². The predicted molar refractivity (Wildman–Crippen MR) is 59.1 cm³/mol. The summed E-state index contributed by atoms with van der Waals surface area (Å²) in [5.41, 5.74) is 1.08. The van der Waals surface area contributed by atoms with Crippen molar-refractivity contribution in [2.75, 3.05) is 6.54 Å². The van der Waals surface area contributed by atoms with Crippen molar-refractivity contribution in [2.45, 2.75) is 31.2 Å². The zero-order valence-electron chi connectivity index (χ0n) is 8.97. The fourth-order valence-electron chi connectivity index (χ4n) is 1.63. The average molecular weight is 225 g/mol. The highest BCUT2D eigenvalue weighted by Gasteiger charge is 2.42. The number of hydrogen-bond donors (Lipinski definition) is 0. The van der Waals surface area contributed by atoms with Gasteiger partial charge < -0.3 is 0 Å². The fourth-order valence-corrected chi connectivity index (χ4v) is 3.29. The monoisotopic (exact) mass is 225 g/mol. The lowest BCUT2D eigenvalue weighted by Crippen LogP contribution is -2.14. The van der Waals surface area contributed by atoms with Crippen LogP contribution in [0.3, 0.4) is 0 Å². The Morgan fingerprint density at radius 3 is 2.40 bits per heavy atom. The molecule has 1 heterocycles. The Morgan fingerprint density at radius 2 is 1.93 bits per heavy atom. The third-order valence-electron chi connectivity index (χ3n) is 2.76. The van der Waals surface area contributed by atoms with Crippen molar-refractivity contribution in [2.24, 2.45) is 0 Å². The Hall–Kier alpha value is -0.870. The van der Waals surface area contributed by atoms with Gasteiger partial charge in [0.2, 0.25) is 10.0 Å². The number of aryl methyl sites for hydroxylation is 1. The number of rotatable bonds is 3. The van der Waals surface area contributed by atoms with Gasteiger partial charge in [-0.15, -0.1) is 0 Å². The van der Waals surface area contributed by atoms with Gasteiger partial charge in [-0.3, -0.25) is 0 Å². The van der Waals surface area contributed by atoms with Gasteiger partial charge in [-0.1, -0.05) is 24.6 Å². The topological polar surface area (TPSA) is 37.1 Å². The summed E-state index contributed by atoms with van der Waals surface area (Å²) in [7, 11) is -3.21. The van der Waals surface area contributed by atoms with Gasteiger partial charge in [0, 0.05) is 12.6 Å². The standard InChI is InChI=1S/C11H15NO2S/c1-3-10-8-12(10)15(13,14)11-6-4-9(2)5-7-11/h4-7,10H,3,8H2,1-2H3/t10-,12?/m0/s1. The van der Waals surface area contributed by atoms with Gasteiger partial charge in [0.15, 0.2) is 0 Å². The molecule has 0 aromatic heterocycles. The molecule has 0 saturated carbocycles. The van der Waals surface area contributed by atoms with E-state index in [4.69, 9.17) is 0 Å². The maximum absolute atomic E-state index is 12.0. The first-order chi connectivity index (χ1) is 7.05. The van der Waals surface area contributed by atoms with E-state index in [1.807, 2.05) is 26.0 Å². The number of nitrogens with zero attached hydrogens (tertiary/aromatic N) is 1. The second-order valence-corrected chi connectivity index (χ2v) is 5.84. The van der Waals surface area contributed by atoms with Gasteiger partial charge >= 0.3 is 0 Å². The largest absolute Gasteiger partial charge is 0.243 e. The molecule has 1 aromatic rings. The molecular weight excluding hydrogens is 210 g/mol. The molecule has 0 bridgehead atoms. The zero-order chi connectivity index (χ0) is 11.1. The second-order valence-electron chi connectivity index (χ2n) is 3.95. The van der Waals surface area contributed by atoms with Crippen molar-refractivity contribution in [3.05, 3.63) is 29.8 Å². The van der Waals surface area contributed by atoms with Crippen molar-refractivity contribution in [3.63, 3.8) is 0 Å². The van der Waals surface area contributed by atoms with Gasteiger partial charge in [0.25, 0.3) is 0 Å². The van der Waals surface area contributed by atoms with Crippen molar-refractivity contribution in [1.29, 1.82) is 0 Å². The molecule has 0 aliphatic carbocycles. The summed E-state index contributed by atoms with van der Waals surface area (Å²) in [5.74, 6) is 0. The van der Waals surface area contributed by atoms with E-state index in [0.29, 0.717) is 11.4 Å². The Balaban J connectivity index is 2.27. The summed E-state index contributed by atoms with van der Waals surface area (Å²) in [6.07, 6.45) is 0.894. The molecule has 2 atom stereocenters. The van der Waals surface area contributed by atoms with Crippen molar-refractivity contribution in [1.82, 2.24) is 4.31 Å². The number of sulfonamides is 1. The average Bonchev–Trinajstić information content (AvgIpc) is 2.98. The van der Waals surface area contributed by atoms with Gasteiger partial charge in [0.05, 0.1) is 4.90 Å². The third-order valence-corrected chi connectivity index (χ3v) is 4.70. The molecule has 82 valence electrons. The lowest BCUT2D eigenvalue weighted by Gasteiger charge is -2.05. The SMILES string of the molecule is CC[C@H]1CN1S(=O)(=O)c1ccc(C)cc1. The van der Waals surface area contributed by atoms with E-state index in [1.54, 1.807) is 16.4 Å². The normalized spacial score (nSPS) is 25.2. The molecule has 1 aromatic carbocycles. The second kappa shape index (κ2) is 3.61. The minimum Gasteiger partial charge on any atom is -0.207 e. The first-order valence-corrected chi connectivity index (χ1v) is 6.58. The fraction of sp³-hybridized carbons (Fsp3) is 0.455. The minimum absolute atomic E-state index is 0.219. The molecule has 0 amide bonds. The van der Waals surface area contributed by atoms with Crippen LogP contribution in [0.2, 0.25) is 0 Å². The molecule has 1 aliphatic rings. The molecule has 1 aliphatic heterocycles. The molecule has 0 radical (unpaired) electrons. The molecule has 1 fully saturated rings. The quantitative estimate of drug-likeness (QED) is 0.735. The summed E-state index contributed by atoms with van der Waals surface area (Å²) in [4.78, 5) is 0.407. The van der Waals surface area contributed by atoms with E-state index < -0.39 is 10.0 Å². The maximum atomic E-state index is 12.0. The Labute approximate surface area is 90.8 Å². The van der Waals surface area contributed by atoms with Crippen molar-refractivity contribution < 1.29 is 8.42 Å². The van der Waals surface area contributed by atoms with E-state index in [1.165, 1.54) is 0 Å². The smallest absolute Gasteiger partial charge is 0.207 e. The molecule has 1 saturated heterocycles. The Kier molecular flexibility index (Phi) is 2.56. The van der Waals surface area contributed by atoms with Gasteiger partial charge in [-0.05, 0) is 25.5 Å². The summed E-state index contributed by atoms with van der Waals surface area (Å²) < 4.78 is 25.6. The third kappa shape index (κ3) is 1.92. The first-order valence-electron chi connectivity index (χ1n) is 5.14. The highest BCUT2D eigenvalue weighted by atomic mass is 32.2. The maximum Gasteiger partial charge on any atom is 0.243 e. The summed E-state index contributed by atoms with van der Waals surface area (Å²) in [5, 5.41) is 0. The number of benzene rings is 1. The lowest BCUT2D eigenvalue weighted by atomic mass is 10.2. The zero-order valence-corrected chi connectivity index (χ0v) is 9.79. The van der Waals surface area contributed by atoms with Crippen LogP contribution in [0.5, 0.6) is 0 Å². The molecule has 1 unspecified atom stereocenters. The van der Waals surface area contributed by atoms with Crippen LogP contribution in [0.4, 0.5) is 0 Å². The minimum atomic E-state index is -3.21. The molecule has 3 nitrogen and oxygen atoms in total. The number of hydrogen-bond acceptors (Lipinski definition) is 2. The van der Waals surface area contributed by atoms with E-state index in [-0.39, 0.29) is 6.04 Å². The molecule has 15 heavy (non-hydrogen) atoms. The first kappa shape index (κ1) is 10.6. The Morgan fingerprint density at radius 1 is 1.33 bits per heavy atom. The van der Waals surface area contributed by atoms with E-state index in [2.05, 4.69) is 0 Å². The molecule has 2 rings (SSSR count). The van der Waals surface area contributed by atoms with E-state index in [0.717, 1.165) is 12.0 Å². The highest BCUT2D eigenvalue weighted by Crippen LogP contribution is 2.29. The molecular formula is C11H15NO2S. The molecule has 0 N–H and O–H groups in total. The summed E-state index contributed by atoms with van der Waals surface area (Å²) in [6.45, 7) is 4.63. The van der Waals surface area contributed by atoms with Crippen LogP contribution < -0.4 is 0 Å². The lowest BCUT2D eigenvalue weighted by molar-refractivity contribution is 0.550. The van der Waals surface area contributed by atoms with Gasteiger partial charge in [0.1, 0.15) is 0 Å². The summed E-state index contributed by atoms with van der Waals surface area (Å²) >= 11 is 0. The molecule has 0 spiro atoms. The predicted octanol–water partition coefficient (Wildman–Crippen LogP) is 1.78. The van der Waals surface area contributed by atoms with Gasteiger partial charge in [-0.2, -0.15) is 4.31 Å². The van der Waals surface area contributed by atoms with Gasteiger partial charge in [-0.25, -0.2) is 8.42 Å². The van der Waals surface area contributed by atoms with Crippen LogP contribution >= 0.6 is 0 Å². The van der Waals surface area contributed by atoms with Crippen molar-refractivity contribution in [3.8, 4) is 0 Å². The van der Waals surface area contributed by atoms with Crippen LogP contribution in [-0.2, 0) is 10.0 Å². The highest BCUT2D eigenvalue weighted by molar-refractivity contribution is 7.89. The van der Waals surface area contributed by atoms with Crippen LogP contribution in [0.1, 0.15) is 18.9 Å². The summed E-state index contributed by atoms with van der Waals surface area (Å²) in [6, 6.07) is 7.23. The van der Waals surface area contributed by atoms with Crippen LogP contribution in [0, 0.1) is 6.92 Å². The van der Waals surface area contributed by atoms with E-state index in [9.17, 15) is 8.42 Å².